The number of nitro groups is 2. The smallest absolute Gasteiger partial charge is 0.300 e. The van der Waals surface area contributed by atoms with Gasteiger partial charge in [-0.3, -0.25) is 30.4 Å². The van der Waals surface area contributed by atoms with Crippen molar-refractivity contribution in [3.63, 3.8) is 0 Å². The minimum absolute atomic E-state index is 0.0793. The van der Waals surface area contributed by atoms with Crippen LogP contribution in [0.5, 0.6) is 0 Å². The standard InChI is InChI=1S/C19H29N8O7P.C10H23N4O4P.C9H6N4O3/c1-35(2,30)21-5-7-31-9-11-33-12-10-32-8-6-26-14-15(22-25-26)13-20-16-3-4-17(27(28)29)19-18(16)23-34-24-19;1-19(2,15)13-4-6-17-8-10-18-9-7-16-5-3-12-14-11;1-2-5-10-6-3-4-7(13(14)15)9-8(6)11-16-12-9/h3-4,14,20H,5-13H2,1-2H3,(H,21,30);3-10H2,1-2H3,(H,13,15);1,3-4,10H,5H2. The Labute approximate surface area is 401 Å². The van der Waals surface area contributed by atoms with Crippen molar-refractivity contribution in [2.75, 3.05) is 143 Å². The van der Waals surface area contributed by atoms with Gasteiger partial charge in [0.25, 0.3) is 0 Å². The minimum Gasteiger partial charge on any atom is -0.379 e. The molecule has 0 radical (unpaired) electrons. The number of terminal acetylenes is 1. The number of nitrogens with zero attached hydrogens (tertiary/aromatic N) is 12. The van der Waals surface area contributed by atoms with E-state index >= 15 is 0 Å². The van der Waals surface area contributed by atoms with E-state index in [0.29, 0.717) is 141 Å². The fourth-order valence-corrected chi connectivity index (χ4v) is 6.57. The summed E-state index contributed by atoms with van der Waals surface area (Å²) in [4.78, 5) is 23.3. The monoisotopic (exact) mass is 1020 g/mol. The van der Waals surface area contributed by atoms with Crippen molar-refractivity contribution in [1.82, 2.24) is 45.8 Å². The molecule has 0 amide bonds. The number of benzene rings is 2. The molecule has 70 heavy (non-hydrogen) atoms. The van der Waals surface area contributed by atoms with E-state index < -0.39 is 24.4 Å². The zero-order valence-corrected chi connectivity index (χ0v) is 41.0. The van der Waals surface area contributed by atoms with E-state index in [4.69, 9.17) is 40.4 Å². The average molecular weight is 1020 g/mol. The minimum atomic E-state index is -2.21. The van der Waals surface area contributed by atoms with Crippen LogP contribution in [0.15, 0.2) is 44.8 Å². The van der Waals surface area contributed by atoms with Gasteiger partial charge in [0.15, 0.2) is 11.0 Å². The maximum atomic E-state index is 11.5. The van der Waals surface area contributed by atoms with E-state index in [2.05, 4.69) is 77.0 Å². The number of rotatable bonds is 33. The molecule has 0 bridgehead atoms. The predicted molar refractivity (Wildman–Crippen MR) is 255 cm³/mol. The molecule has 0 fully saturated rings. The highest BCUT2D eigenvalue weighted by atomic mass is 31.2. The lowest BCUT2D eigenvalue weighted by Crippen LogP contribution is -2.18. The van der Waals surface area contributed by atoms with Crippen LogP contribution in [0.4, 0.5) is 22.7 Å². The molecule has 0 atom stereocenters. The van der Waals surface area contributed by atoms with Gasteiger partial charge in [-0.2, -0.15) is 0 Å². The molecule has 5 aromatic rings. The number of hydrogen-bond donors (Lipinski definition) is 4. The highest BCUT2D eigenvalue weighted by molar-refractivity contribution is 7.60. The Morgan fingerprint density at radius 3 is 1.60 bits per heavy atom. The average Bonchev–Trinajstić information content (AvgIpc) is 4.12. The van der Waals surface area contributed by atoms with Crippen LogP contribution in [0.2, 0.25) is 0 Å². The molecule has 0 saturated carbocycles. The van der Waals surface area contributed by atoms with Gasteiger partial charge < -0.3 is 48.2 Å². The van der Waals surface area contributed by atoms with E-state index in [-0.39, 0.29) is 27.9 Å². The molecule has 2 aromatic carbocycles. The van der Waals surface area contributed by atoms with Gasteiger partial charge in [-0.1, -0.05) is 16.2 Å². The zero-order chi connectivity index (χ0) is 51.0. The quantitative estimate of drug-likeness (QED) is 0.00669. The molecule has 3 heterocycles. The number of anilines is 2. The van der Waals surface area contributed by atoms with E-state index in [1.165, 1.54) is 18.2 Å². The first kappa shape index (κ1) is 58.1. The van der Waals surface area contributed by atoms with Crippen LogP contribution in [-0.4, -0.2) is 178 Å². The molecule has 0 aliphatic carbocycles. The molecule has 384 valence electrons. The van der Waals surface area contributed by atoms with Crippen LogP contribution in [0, 0.1) is 32.6 Å². The summed E-state index contributed by atoms with van der Waals surface area (Å²) in [7, 11) is -4.36. The molecule has 5 rings (SSSR count). The van der Waals surface area contributed by atoms with Crippen molar-refractivity contribution in [3.05, 3.63) is 66.8 Å². The first-order valence-electron chi connectivity index (χ1n) is 21.3. The summed E-state index contributed by atoms with van der Waals surface area (Å²) < 4.78 is 65.6. The number of azide groups is 1. The lowest BCUT2D eigenvalue weighted by molar-refractivity contribution is -0.383. The summed E-state index contributed by atoms with van der Waals surface area (Å²) in [6.07, 6.45) is 6.87. The zero-order valence-electron chi connectivity index (χ0n) is 39.2. The third-order valence-corrected chi connectivity index (χ3v) is 10.4. The first-order valence-corrected chi connectivity index (χ1v) is 26.5. The maximum absolute atomic E-state index is 11.5. The third kappa shape index (κ3) is 23.9. The fraction of sp³-hybridized carbons (Fsp3) is 0.579. The molecule has 0 aliphatic rings. The highest BCUT2D eigenvalue weighted by Crippen LogP contribution is 2.31. The Kier molecular flexibility index (Phi) is 27.0. The number of nitrogens with one attached hydrogen (secondary N) is 4. The highest BCUT2D eigenvalue weighted by Gasteiger charge is 2.21. The van der Waals surface area contributed by atoms with Crippen molar-refractivity contribution in [2.45, 2.75) is 13.1 Å². The number of aromatic nitrogens is 7. The molecule has 3 aromatic heterocycles. The summed E-state index contributed by atoms with van der Waals surface area (Å²) in [5, 5.41) is 59.5. The van der Waals surface area contributed by atoms with E-state index in [9.17, 15) is 29.4 Å². The molecule has 0 unspecified atom stereocenters. The molecule has 0 spiro atoms. The van der Waals surface area contributed by atoms with Crippen molar-refractivity contribution in [3.8, 4) is 12.3 Å². The van der Waals surface area contributed by atoms with Crippen LogP contribution in [0.1, 0.15) is 5.69 Å². The third-order valence-electron chi connectivity index (χ3n) is 8.44. The van der Waals surface area contributed by atoms with Gasteiger partial charge in [0.2, 0.25) is 11.0 Å². The second-order valence-corrected chi connectivity index (χ2v) is 20.8. The number of fused-ring (bicyclic) bond motifs is 2. The number of ether oxygens (including phenoxy) is 6. The van der Waals surface area contributed by atoms with Crippen LogP contribution < -0.4 is 20.8 Å². The Morgan fingerprint density at radius 2 is 1.14 bits per heavy atom. The molecular weight excluding hydrogens is 966 g/mol. The van der Waals surface area contributed by atoms with Crippen LogP contribution in [0.3, 0.4) is 0 Å². The molecule has 4 N–H and O–H groups in total. The van der Waals surface area contributed by atoms with Gasteiger partial charge >= 0.3 is 11.4 Å². The Bertz CT molecular complexity index is 2520. The van der Waals surface area contributed by atoms with Crippen molar-refractivity contribution < 1.29 is 56.7 Å². The van der Waals surface area contributed by atoms with Crippen LogP contribution >= 0.6 is 14.6 Å². The predicted octanol–water partition coefficient (Wildman–Crippen LogP) is 4.16. The van der Waals surface area contributed by atoms with Gasteiger partial charge in [0.1, 0.15) is 20.3 Å². The van der Waals surface area contributed by atoms with Gasteiger partial charge in [0.05, 0.1) is 126 Å². The van der Waals surface area contributed by atoms with Crippen molar-refractivity contribution >= 4 is 59.4 Å². The Morgan fingerprint density at radius 1 is 0.700 bits per heavy atom. The SMILES string of the molecule is C#CCNc1ccc([N+](=O)[O-])c2nonc12.CP(C)(=O)NCCOCCOCCOCCN=[N+]=[N-].CP(C)(=O)NCCOCCOCCOCCn1cc(CNc2ccc([N+](=O)[O-])c3nonc23)nn1. The normalized spacial score (nSPS) is 11.2. The second kappa shape index (κ2) is 32.6. The molecular formula is C38H58N16O14P2. The van der Waals surface area contributed by atoms with E-state index in [1.807, 2.05) is 0 Å². The Balaban J connectivity index is 0.000000310. The second-order valence-electron chi connectivity index (χ2n) is 14.7. The topological polar surface area (TPSA) is 381 Å². The van der Waals surface area contributed by atoms with Crippen molar-refractivity contribution in [1.29, 1.82) is 0 Å². The summed E-state index contributed by atoms with van der Waals surface area (Å²) in [6, 6.07) is 5.73. The van der Waals surface area contributed by atoms with Gasteiger partial charge in [-0.05, 0) is 38.3 Å². The van der Waals surface area contributed by atoms with E-state index in [1.54, 1.807) is 43.6 Å². The fourth-order valence-electron chi connectivity index (χ4n) is 5.31. The lowest BCUT2D eigenvalue weighted by atomic mass is 10.2. The first-order chi connectivity index (χ1) is 33.6. The maximum Gasteiger partial charge on any atom is 0.300 e. The van der Waals surface area contributed by atoms with Crippen LogP contribution in [-0.2, 0) is 50.6 Å². The lowest BCUT2D eigenvalue weighted by Gasteiger charge is -2.10. The largest absolute Gasteiger partial charge is 0.379 e. The number of nitro benzene ring substituents is 2. The summed E-state index contributed by atoms with van der Waals surface area (Å²) in [5.74, 6) is 2.39. The van der Waals surface area contributed by atoms with Gasteiger partial charge in [-0.15, -0.1) is 11.5 Å². The number of hydrogen-bond acceptors (Lipinski definition) is 23. The van der Waals surface area contributed by atoms with Crippen molar-refractivity contribution in [2.24, 2.45) is 5.11 Å². The molecule has 32 heteroatoms. The molecule has 0 saturated heterocycles. The van der Waals surface area contributed by atoms with Gasteiger partial charge in [-0.25, -0.2) is 13.9 Å². The summed E-state index contributed by atoms with van der Waals surface area (Å²) in [6.45, 7) is 14.9. The van der Waals surface area contributed by atoms with Crippen LogP contribution in [0.25, 0.3) is 32.5 Å². The summed E-state index contributed by atoms with van der Waals surface area (Å²) >= 11 is 0. The summed E-state index contributed by atoms with van der Waals surface area (Å²) in [5.41, 5.74) is 10.2. The van der Waals surface area contributed by atoms with E-state index in [0.717, 1.165) is 0 Å². The molecule has 30 nitrogen and oxygen atoms in total. The molecule has 0 aliphatic heterocycles. The van der Waals surface area contributed by atoms with Gasteiger partial charge in [0, 0.05) is 63.3 Å². The number of non-ortho nitro benzene ring substituents is 2. The Hall–Kier alpha value is -6.21.